The van der Waals surface area contributed by atoms with Crippen LogP contribution >= 0.6 is 0 Å². The Kier molecular flexibility index (Phi) is 5.77. The molecule has 156 valence electrons. The molecule has 8 heteroatoms. The highest BCUT2D eigenvalue weighted by Crippen LogP contribution is 2.35. The van der Waals surface area contributed by atoms with Crippen molar-refractivity contribution in [2.75, 3.05) is 30.5 Å². The molecule has 0 radical (unpaired) electrons. The normalized spacial score (nSPS) is 11.8. The van der Waals surface area contributed by atoms with Gasteiger partial charge >= 0.3 is 0 Å². The van der Waals surface area contributed by atoms with Gasteiger partial charge in [0.15, 0.2) is 5.75 Å². The Labute approximate surface area is 173 Å². The monoisotopic (exact) mass is 408 g/mol. The fourth-order valence-electron chi connectivity index (χ4n) is 3.22. The van der Waals surface area contributed by atoms with E-state index in [9.17, 15) is 19.5 Å². The van der Waals surface area contributed by atoms with Crippen LogP contribution in [-0.2, 0) is 0 Å². The Bertz CT molecular complexity index is 1150. The molecule has 0 aliphatic heterocycles. The number of nitrogens with two attached hydrogens (primary N) is 1. The van der Waals surface area contributed by atoms with Crippen LogP contribution in [0, 0.1) is 0 Å². The van der Waals surface area contributed by atoms with Gasteiger partial charge in [0.1, 0.15) is 11.4 Å². The molecule has 5 N–H and O–H groups in total. The number of amides is 1. The van der Waals surface area contributed by atoms with Gasteiger partial charge in [0.2, 0.25) is 0 Å². The second kappa shape index (κ2) is 8.28. The molecule has 3 aromatic rings. The van der Waals surface area contributed by atoms with E-state index in [0.717, 1.165) is 5.56 Å². The Morgan fingerprint density at radius 3 is 2.33 bits per heavy atom. The number of rotatable bonds is 7. The number of carbonyl (C=O) groups excluding carboxylic acids is 1. The number of benzene rings is 2. The minimum absolute atomic E-state index is 0.00794. The minimum atomic E-state index is -0.706. The molecule has 1 atom stereocenters. The number of carbonyl (C=O) groups is 1. The Morgan fingerprint density at radius 2 is 1.73 bits per heavy atom. The van der Waals surface area contributed by atoms with Crippen LogP contribution < -0.4 is 27.2 Å². The van der Waals surface area contributed by atoms with E-state index in [1.165, 1.54) is 17.0 Å². The summed E-state index contributed by atoms with van der Waals surface area (Å²) in [6.45, 7) is 1.96. The van der Waals surface area contributed by atoms with Crippen LogP contribution in [0.25, 0.3) is 0 Å². The summed E-state index contributed by atoms with van der Waals surface area (Å²) < 4.78 is 0. The molecule has 0 unspecified atom stereocenters. The van der Waals surface area contributed by atoms with E-state index < -0.39 is 16.8 Å². The molecule has 0 saturated heterocycles. The highest BCUT2D eigenvalue weighted by molar-refractivity contribution is 6.00. The minimum Gasteiger partial charge on any atom is -0.505 e. The van der Waals surface area contributed by atoms with Crippen molar-refractivity contribution in [3.05, 3.63) is 74.0 Å². The highest BCUT2D eigenvalue weighted by Gasteiger charge is 2.26. The third-order valence-corrected chi connectivity index (χ3v) is 4.87. The summed E-state index contributed by atoms with van der Waals surface area (Å²) in [6, 6.07) is 12.1. The van der Waals surface area contributed by atoms with Crippen LogP contribution in [0.3, 0.4) is 0 Å². The van der Waals surface area contributed by atoms with Gasteiger partial charge in [-0.2, -0.15) is 0 Å². The maximum atomic E-state index is 12.3. The molecule has 1 amide bonds. The molecule has 0 aliphatic rings. The molecule has 0 aliphatic carbocycles. The molecular weight excluding hydrogens is 384 g/mol. The molecule has 0 saturated carbocycles. The lowest BCUT2D eigenvalue weighted by Gasteiger charge is -2.22. The van der Waals surface area contributed by atoms with Crippen molar-refractivity contribution >= 4 is 28.7 Å². The molecule has 3 aromatic carbocycles. The average Bonchev–Trinajstić information content (AvgIpc) is 2.74. The van der Waals surface area contributed by atoms with Gasteiger partial charge < -0.3 is 26.4 Å². The molecule has 0 spiro atoms. The second-order valence-electron chi connectivity index (χ2n) is 7.21. The summed E-state index contributed by atoms with van der Waals surface area (Å²) >= 11 is 0. The number of nitrogens with one attached hydrogen (secondary N) is 2. The van der Waals surface area contributed by atoms with E-state index in [1.54, 1.807) is 14.1 Å². The lowest BCUT2D eigenvalue weighted by Crippen LogP contribution is -2.37. The number of phenols is 1. The van der Waals surface area contributed by atoms with Gasteiger partial charge in [-0.25, -0.2) is 0 Å². The van der Waals surface area contributed by atoms with Crippen LogP contribution in [0.4, 0.5) is 22.7 Å². The van der Waals surface area contributed by atoms with Crippen LogP contribution in [0.1, 0.15) is 35.3 Å². The molecule has 0 fully saturated rings. The number of anilines is 4. The number of nitrogens with zero attached hydrogens (tertiary/aromatic N) is 1. The average molecular weight is 408 g/mol. The molecule has 0 aromatic heterocycles. The van der Waals surface area contributed by atoms with Gasteiger partial charge in [-0.1, -0.05) is 37.3 Å². The fourth-order valence-corrected chi connectivity index (χ4v) is 3.22. The topological polar surface area (TPSA) is 125 Å². The van der Waals surface area contributed by atoms with E-state index in [0.29, 0.717) is 6.42 Å². The number of phenolic OH excluding ortho intramolecular Hbond substituents is 1. The van der Waals surface area contributed by atoms with Gasteiger partial charge in [-0.3, -0.25) is 14.4 Å². The van der Waals surface area contributed by atoms with Crippen molar-refractivity contribution < 1.29 is 9.90 Å². The van der Waals surface area contributed by atoms with E-state index in [-0.39, 0.29) is 40.1 Å². The van der Waals surface area contributed by atoms with Gasteiger partial charge in [0, 0.05) is 19.8 Å². The molecule has 0 bridgehead atoms. The summed E-state index contributed by atoms with van der Waals surface area (Å²) in [7, 11) is 3.09. The van der Waals surface area contributed by atoms with Crippen molar-refractivity contribution in [1.29, 1.82) is 0 Å². The van der Waals surface area contributed by atoms with Crippen LogP contribution in [0.5, 0.6) is 5.75 Å². The SMILES string of the molecule is CC[C@@H](Nc1c(Nc2cc(N)cc(C(=O)N(C)C)c2O)c(=O)c1=O)c1ccccc1. The first kappa shape index (κ1) is 20.9. The zero-order valence-corrected chi connectivity index (χ0v) is 17.0. The predicted molar refractivity (Wildman–Crippen MR) is 118 cm³/mol. The standard InChI is InChI=1S/C22H24N4O4/c1-4-15(12-8-6-5-7-9-12)24-17-18(21(29)20(17)28)25-16-11-13(23)10-14(19(16)27)22(30)26(2)3/h5-11,15,24-25,27H,4,23H2,1-3H3/t15-/m1/s1. The van der Waals surface area contributed by atoms with E-state index in [4.69, 9.17) is 5.73 Å². The summed E-state index contributed by atoms with van der Waals surface area (Å²) in [5, 5.41) is 16.4. The quantitative estimate of drug-likeness (QED) is 0.205. The summed E-state index contributed by atoms with van der Waals surface area (Å²) in [5.41, 5.74) is 5.96. The second-order valence-corrected chi connectivity index (χ2v) is 7.21. The summed E-state index contributed by atoms with van der Waals surface area (Å²) in [4.78, 5) is 38.0. The van der Waals surface area contributed by atoms with Crippen molar-refractivity contribution in [1.82, 2.24) is 4.90 Å². The molecule has 3 rings (SSSR count). The van der Waals surface area contributed by atoms with Gasteiger partial charge in [-0.15, -0.1) is 0 Å². The van der Waals surface area contributed by atoms with Crippen molar-refractivity contribution in [3.8, 4) is 5.75 Å². The zero-order valence-electron chi connectivity index (χ0n) is 17.0. The van der Waals surface area contributed by atoms with Crippen molar-refractivity contribution in [2.24, 2.45) is 0 Å². The molecule has 0 heterocycles. The maximum absolute atomic E-state index is 12.3. The number of hydrogen-bond donors (Lipinski definition) is 4. The van der Waals surface area contributed by atoms with Crippen LogP contribution in [0.15, 0.2) is 52.1 Å². The molecule has 30 heavy (non-hydrogen) atoms. The van der Waals surface area contributed by atoms with Gasteiger partial charge in [-0.05, 0) is 24.1 Å². The van der Waals surface area contributed by atoms with E-state index in [2.05, 4.69) is 10.6 Å². The number of aromatic hydroxyl groups is 1. The zero-order chi connectivity index (χ0) is 22.0. The van der Waals surface area contributed by atoms with E-state index in [1.807, 2.05) is 37.3 Å². The first-order valence-corrected chi connectivity index (χ1v) is 9.50. The number of nitrogen functional groups attached to an aromatic ring is 1. The third kappa shape index (κ3) is 3.84. The largest absolute Gasteiger partial charge is 0.505 e. The van der Waals surface area contributed by atoms with Crippen molar-refractivity contribution in [3.63, 3.8) is 0 Å². The maximum Gasteiger partial charge on any atom is 0.257 e. The fraction of sp³-hybridized carbons (Fsp3) is 0.227. The first-order chi connectivity index (χ1) is 14.2. The Balaban J connectivity index is 1.95. The van der Waals surface area contributed by atoms with E-state index >= 15 is 0 Å². The Hall–Kier alpha value is -3.81. The smallest absolute Gasteiger partial charge is 0.257 e. The molecule has 8 nitrogen and oxygen atoms in total. The van der Waals surface area contributed by atoms with Gasteiger partial charge in [0.25, 0.3) is 16.8 Å². The predicted octanol–water partition coefficient (Wildman–Crippen LogP) is 2.58. The summed E-state index contributed by atoms with van der Waals surface area (Å²) in [6.07, 6.45) is 0.688. The lowest BCUT2D eigenvalue weighted by atomic mass is 10.0. The first-order valence-electron chi connectivity index (χ1n) is 9.50. The van der Waals surface area contributed by atoms with Gasteiger partial charge in [0.05, 0.1) is 17.3 Å². The van der Waals surface area contributed by atoms with Crippen molar-refractivity contribution in [2.45, 2.75) is 19.4 Å². The number of hydrogen-bond acceptors (Lipinski definition) is 7. The third-order valence-electron chi connectivity index (χ3n) is 4.87. The highest BCUT2D eigenvalue weighted by atomic mass is 16.3. The Morgan fingerprint density at radius 1 is 1.10 bits per heavy atom. The lowest BCUT2D eigenvalue weighted by molar-refractivity contribution is 0.0825. The molecular formula is C22H24N4O4. The van der Waals surface area contributed by atoms with Crippen LogP contribution in [0.2, 0.25) is 0 Å². The summed E-state index contributed by atoms with van der Waals surface area (Å²) in [5.74, 6) is -0.793. The van der Waals surface area contributed by atoms with Crippen LogP contribution in [-0.4, -0.2) is 30.0 Å².